The molecule has 0 radical (unpaired) electrons. The van der Waals surface area contributed by atoms with E-state index in [1.165, 1.54) is 6.07 Å². The minimum atomic E-state index is -0.661. The third-order valence-electron chi connectivity index (χ3n) is 4.42. The van der Waals surface area contributed by atoms with Crippen molar-refractivity contribution in [1.29, 1.82) is 0 Å². The van der Waals surface area contributed by atoms with Gasteiger partial charge in [0.25, 0.3) is 0 Å². The molecule has 0 fully saturated rings. The van der Waals surface area contributed by atoms with Crippen LogP contribution in [0.15, 0.2) is 27.4 Å². The fourth-order valence-electron chi connectivity index (χ4n) is 3.01. The van der Waals surface area contributed by atoms with Crippen molar-refractivity contribution in [2.75, 3.05) is 0 Å². The van der Waals surface area contributed by atoms with Crippen LogP contribution < -0.4 is 15.1 Å². The molecule has 0 bridgehead atoms. The molecule has 0 unspecified atom stereocenters. The van der Waals surface area contributed by atoms with E-state index in [2.05, 4.69) is 6.92 Å². The molecule has 1 aliphatic heterocycles. The zero-order chi connectivity index (χ0) is 20.0. The van der Waals surface area contributed by atoms with E-state index in [-0.39, 0.29) is 5.97 Å². The molecular formula is C22H26O5. The number of hydrogen-bond acceptors (Lipinski definition) is 5. The highest BCUT2D eigenvalue weighted by molar-refractivity contribution is 5.95. The van der Waals surface area contributed by atoms with Crippen LogP contribution in [0, 0.1) is 5.41 Å². The van der Waals surface area contributed by atoms with Gasteiger partial charge in [-0.15, -0.1) is 0 Å². The molecule has 27 heavy (non-hydrogen) atoms. The van der Waals surface area contributed by atoms with Crippen LogP contribution in [0.3, 0.4) is 0 Å². The minimum absolute atomic E-state index is 0.334. The van der Waals surface area contributed by atoms with Crippen LogP contribution in [-0.2, 0) is 11.2 Å². The van der Waals surface area contributed by atoms with E-state index in [9.17, 15) is 9.59 Å². The van der Waals surface area contributed by atoms with Gasteiger partial charge in [0.1, 0.15) is 22.7 Å². The first-order chi connectivity index (χ1) is 12.5. The first kappa shape index (κ1) is 19.2. The number of rotatable bonds is 3. The highest BCUT2D eigenvalue weighted by Gasteiger charge is 2.31. The Morgan fingerprint density at radius 3 is 2.56 bits per heavy atom. The van der Waals surface area contributed by atoms with Gasteiger partial charge in [-0.2, -0.15) is 0 Å². The molecule has 0 spiro atoms. The summed E-state index contributed by atoms with van der Waals surface area (Å²) in [6.07, 6.45) is 5.44. The van der Waals surface area contributed by atoms with Crippen molar-refractivity contribution in [3.63, 3.8) is 0 Å². The largest absolute Gasteiger partial charge is 0.482 e. The summed E-state index contributed by atoms with van der Waals surface area (Å²) in [5.41, 5.74) is 0.319. The second-order valence-corrected chi connectivity index (χ2v) is 8.51. The van der Waals surface area contributed by atoms with Gasteiger partial charge in [-0.3, -0.25) is 4.79 Å². The predicted molar refractivity (Wildman–Crippen MR) is 105 cm³/mol. The molecular weight excluding hydrogens is 344 g/mol. The second-order valence-electron chi connectivity index (χ2n) is 8.51. The summed E-state index contributed by atoms with van der Waals surface area (Å²) in [6.45, 7) is 11.3. The molecule has 0 N–H and O–H groups in total. The van der Waals surface area contributed by atoms with Crippen molar-refractivity contribution in [3.8, 4) is 11.5 Å². The number of carbonyl (C=O) groups excluding carboxylic acids is 1. The normalized spacial score (nSPS) is 15.3. The summed E-state index contributed by atoms with van der Waals surface area (Å²) in [4.78, 5) is 24.5. The van der Waals surface area contributed by atoms with Crippen molar-refractivity contribution in [2.24, 2.45) is 5.41 Å². The first-order valence-corrected chi connectivity index (χ1v) is 9.26. The fraction of sp³-hybridized carbons (Fsp3) is 0.455. The molecule has 0 aliphatic carbocycles. The molecule has 5 nitrogen and oxygen atoms in total. The average Bonchev–Trinajstić information content (AvgIpc) is 2.52. The monoisotopic (exact) mass is 370 g/mol. The maximum absolute atomic E-state index is 12.4. The number of aryl methyl sites for hydroxylation is 1. The van der Waals surface area contributed by atoms with Crippen molar-refractivity contribution >= 4 is 23.0 Å². The smallest absolute Gasteiger partial charge is 0.336 e. The van der Waals surface area contributed by atoms with Gasteiger partial charge >= 0.3 is 11.6 Å². The standard InChI is InChI=1S/C22H26O5/c1-7-8-13-11-17(23)25-16-12-15(26-20(24)21(2,3)4)14-9-10-22(5,6)27-19(14)18(13)16/h9-12H,7-8H2,1-6H3. The molecule has 2 heterocycles. The number of benzene rings is 1. The van der Waals surface area contributed by atoms with Crippen LogP contribution in [0.4, 0.5) is 0 Å². The average molecular weight is 370 g/mol. The lowest BCUT2D eigenvalue weighted by Gasteiger charge is -2.30. The Bertz CT molecular complexity index is 986. The van der Waals surface area contributed by atoms with Crippen molar-refractivity contribution in [2.45, 2.75) is 60.0 Å². The van der Waals surface area contributed by atoms with Crippen LogP contribution >= 0.6 is 0 Å². The molecule has 5 heteroatoms. The van der Waals surface area contributed by atoms with Gasteiger partial charge in [-0.25, -0.2) is 4.79 Å². The van der Waals surface area contributed by atoms with Crippen LogP contribution in [0.25, 0.3) is 17.0 Å². The lowest BCUT2D eigenvalue weighted by atomic mass is 9.95. The number of fused-ring (bicyclic) bond motifs is 3. The second kappa shape index (κ2) is 6.55. The van der Waals surface area contributed by atoms with E-state index in [4.69, 9.17) is 13.9 Å². The lowest BCUT2D eigenvalue weighted by molar-refractivity contribution is -0.143. The van der Waals surface area contributed by atoms with Gasteiger partial charge in [0.2, 0.25) is 0 Å². The quantitative estimate of drug-likeness (QED) is 0.438. The molecule has 1 aromatic carbocycles. The first-order valence-electron chi connectivity index (χ1n) is 9.26. The Morgan fingerprint density at radius 2 is 1.93 bits per heavy atom. The summed E-state index contributed by atoms with van der Waals surface area (Å²) in [6, 6.07) is 3.13. The summed E-state index contributed by atoms with van der Waals surface area (Å²) in [7, 11) is 0. The van der Waals surface area contributed by atoms with Crippen molar-refractivity contribution in [3.05, 3.63) is 39.8 Å². The minimum Gasteiger partial charge on any atom is -0.482 e. The SMILES string of the molecule is CCCc1cc(=O)oc2cc(OC(=O)C(C)(C)C)c3c(c12)OC(C)(C)C=C3. The maximum Gasteiger partial charge on any atom is 0.336 e. The Hall–Kier alpha value is -2.56. The maximum atomic E-state index is 12.4. The van der Waals surface area contributed by atoms with E-state index < -0.39 is 16.6 Å². The Labute approximate surface area is 159 Å². The van der Waals surface area contributed by atoms with E-state index in [0.717, 1.165) is 23.8 Å². The molecule has 1 aliphatic rings. The van der Waals surface area contributed by atoms with Crippen LogP contribution in [0.1, 0.15) is 59.1 Å². The van der Waals surface area contributed by atoms with Crippen LogP contribution in [-0.4, -0.2) is 11.6 Å². The van der Waals surface area contributed by atoms with E-state index in [0.29, 0.717) is 22.6 Å². The molecule has 2 aromatic rings. The number of ether oxygens (including phenoxy) is 2. The number of hydrogen-bond donors (Lipinski definition) is 0. The molecule has 0 amide bonds. The van der Waals surface area contributed by atoms with Gasteiger partial charge in [-0.05, 0) is 58.8 Å². The van der Waals surface area contributed by atoms with E-state index in [1.54, 1.807) is 26.8 Å². The van der Waals surface area contributed by atoms with Crippen molar-refractivity contribution in [1.82, 2.24) is 0 Å². The third-order valence-corrected chi connectivity index (χ3v) is 4.42. The molecule has 1 aromatic heterocycles. The van der Waals surface area contributed by atoms with Crippen LogP contribution in [0.5, 0.6) is 11.5 Å². The van der Waals surface area contributed by atoms with Crippen LogP contribution in [0.2, 0.25) is 0 Å². The highest BCUT2D eigenvalue weighted by Crippen LogP contribution is 2.44. The van der Waals surface area contributed by atoms with Crippen molar-refractivity contribution < 1.29 is 18.7 Å². The lowest BCUT2D eigenvalue weighted by Crippen LogP contribution is -2.29. The summed E-state index contributed by atoms with van der Waals surface area (Å²) in [5.74, 6) is 0.555. The Kier molecular flexibility index (Phi) is 4.66. The molecule has 3 rings (SSSR count). The molecule has 0 saturated carbocycles. The molecule has 144 valence electrons. The fourth-order valence-corrected chi connectivity index (χ4v) is 3.01. The van der Waals surface area contributed by atoms with E-state index in [1.807, 2.05) is 26.0 Å². The Morgan fingerprint density at radius 1 is 1.22 bits per heavy atom. The Balaban J connectivity index is 2.30. The summed E-state index contributed by atoms with van der Waals surface area (Å²) < 4.78 is 17.3. The zero-order valence-electron chi connectivity index (χ0n) is 16.8. The molecule has 0 saturated heterocycles. The summed E-state index contributed by atoms with van der Waals surface area (Å²) >= 11 is 0. The molecule has 0 atom stereocenters. The number of esters is 1. The van der Waals surface area contributed by atoms with Gasteiger partial charge in [0.15, 0.2) is 0 Å². The zero-order valence-corrected chi connectivity index (χ0v) is 16.8. The van der Waals surface area contributed by atoms with Gasteiger partial charge in [-0.1, -0.05) is 13.3 Å². The topological polar surface area (TPSA) is 65.7 Å². The van der Waals surface area contributed by atoms with E-state index >= 15 is 0 Å². The third kappa shape index (κ3) is 3.77. The highest BCUT2D eigenvalue weighted by atomic mass is 16.5. The predicted octanol–water partition coefficient (Wildman–Crippen LogP) is 4.88. The van der Waals surface area contributed by atoms with Gasteiger partial charge in [0, 0.05) is 12.1 Å². The summed E-state index contributed by atoms with van der Waals surface area (Å²) in [5, 5.41) is 0.763. The number of carbonyl (C=O) groups is 1. The van der Waals surface area contributed by atoms with Gasteiger partial charge in [0.05, 0.1) is 16.4 Å². The van der Waals surface area contributed by atoms with Gasteiger partial charge < -0.3 is 13.9 Å².